The van der Waals surface area contributed by atoms with Crippen molar-refractivity contribution in [3.8, 4) is 0 Å². The van der Waals surface area contributed by atoms with E-state index in [9.17, 15) is 10.1 Å². The summed E-state index contributed by atoms with van der Waals surface area (Å²) < 4.78 is 0. The van der Waals surface area contributed by atoms with Crippen molar-refractivity contribution in [1.82, 2.24) is 0 Å². The van der Waals surface area contributed by atoms with E-state index in [0.29, 0.717) is 11.4 Å². The first-order valence-electron chi connectivity index (χ1n) is 4.84. The third-order valence-corrected chi connectivity index (χ3v) is 1.94. The lowest BCUT2D eigenvalue weighted by Gasteiger charge is -2.04. The molecule has 0 spiro atoms. The molecule has 0 unspecified atom stereocenters. The number of aliphatic imine (C=N–C) groups is 2. The zero-order valence-electron chi connectivity index (χ0n) is 9.62. The van der Waals surface area contributed by atoms with Gasteiger partial charge in [-0.2, -0.15) is 4.99 Å². The fourth-order valence-electron chi connectivity index (χ4n) is 1.22. The minimum absolute atomic E-state index is 0.0567. The summed E-state index contributed by atoms with van der Waals surface area (Å²) in [6.07, 6.45) is 0. The van der Waals surface area contributed by atoms with Crippen LogP contribution in [0.5, 0.6) is 0 Å². The predicted molar refractivity (Wildman–Crippen MR) is 69.7 cm³/mol. The highest BCUT2D eigenvalue weighted by Crippen LogP contribution is 2.28. The van der Waals surface area contributed by atoms with Crippen LogP contribution in [-0.4, -0.2) is 23.9 Å². The summed E-state index contributed by atoms with van der Waals surface area (Å²) >= 11 is 0. The van der Waals surface area contributed by atoms with Crippen molar-refractivity contribution in [3.63, 3.8) is 0 Å². The lowest BCUT2D eigenvalue weighted by Crippen LogP contribution is -2.26. The van der Waals surface area contributed by atoms with Crippen LogP contribution in [0.15, 0.2) is 28.2 Å². The Morgan fingerprint density at radius 2 is 2.06 bits per heavy atom. The van der Waals surface area contributed by atoms with Gasteiger partial charge in [-0.3, -0.25) is 10.1 Å². The smallest absolute Gasteiger partial charge is 0.271 e. The molecule has 0 atom stereocenters. The summed E-state index contributed by atoms with van der Waals surface area (Å²) in [5.74, 6) is -0.357. The van der Waals surface area contributed by atoms with Crippen molar-refractivity contribution < 1.29 is 4.92 Å². The van der Waals surface area contributed by atoms with Crippen molar-refractivity contribution in [2.24, 2.45) is 27.2 Å². The minimum atomic E-state index is -0.506. The Balaban J connectivity index is 3.18. The molecule has 0 saturated heterocycles. The van der Waals surface area contributed by atoms with Crippen molar-refractivity contribution >= 4 is 29.0 Å². The van der Waals surface area contributed by atoms with Crippen LogP contribution in [0.2, 0.25) is 0 Å². The maximum Gasteiger partial charge on any atom is 0.271 e. The molecule has 1 rings (SSSR count). The van der Waals surface area contributed by atoms with Gasteiger partial charge in [-0.15, -0.1) is 0 Å². The number of nitrogens with zero attached hydrogens (tertiary/aromatic N) is 3. The SMILES string of the molecule is CNc1cc([N+](=O)[O-])ccc1N=C(N)N=C(N)N. The van der Waals surface area contributed by atoms with E-state index in [-0.39, 0.29) is 17.6 Å². The lowest BCUT2D eigenvalue weighted by molar-refractivity contribution is -0.384. The average molecular weight is 251 g/mol. The molecule has 96 valence electrons. The summed E-state index contributed by atoms with van der Waals surface area (Å²) in [7, 11) is 1.61. The van der Waals surface area contributed by atoms with E-state index >= 15 is 0 Å². The first-order valence-corrected chi connectivity index (χ1v) is 4.84. The zero-order valence-corrected chi connectivity index (χ0v) is 9.62. The molecule has 0 aliphatic rings. The van der Waals surface area contributed by atoms with E-state index in [1.165, 1.54) is 18.2 Å². The van der Waals surface area contributed by atoms with E-state index < -0.39 is 4.92 Å². The number of hydrogen-bond donors (Lipinski definition) is 4. The highest BCUT2D eigenvalue weighted by Gasteiger charge is 2.09. The number of hydrogen-bond acceptors (Lipinski definition) is 4. The summed E-state index contributed by atoms with van der Waals surface area (Å²) in [6, 6.07) is 4.09. The topological polar surface area (TPSA) is 158 Å². The number of nitro benzene ring substituents is 1. The van der Waals surface area contributed by atoms with Gasteiger partial charge in [0.25, 0.3) is 5.69 Å². The van der Waals surface area contributed by atoms with Crippen LogP contribution in [0.4, 0.5) is 17.1 Å². The summed E-state index contributed by atoms with van der Waals surface area (Å²) in [4.78, 5) is 17.6. The third kappa shape index (κ3) is 3.33. The highest BCUT2D eigenvalue weighted by molar-refractivity contribution is 5.94. The van der Waals surface area contributed by atoms with Crippen molar-refractivity contribution in [1.29, 1.82) is 0 Å². The van der Waals surface area contributed by atoms with Gasteiger partial charge < -0.3 is 22.5 Å². The number of nitrogens with two attached hydrogens (primary N) is 3. The standard InChI is InChI=1S/C9H13N7O2/c1-13-7-4-5(16(17)18)2-3-6(7)14-9(12)15-8(10)11/h2-4,13H,1H3,(H6,10,11,12,14,15). The summed E-state index contributed by atoms with van der Waals surface area (Å²) in [5.41, 5.74) is 16.5. The van der Waals surface area contributed by atoms with Crippen LogP contribution < -0.4 is 22.5 Å². The van der Waals surface area contributed by atoms with Crippen LogP contribution in [-0.2, 0) is 0 Å². The molecule has 18 heavy (non-hydrogen) atoms. The quantitative estimate of drug-likeness (QED) is 0.253. The van der Waals surface area contributed by atoms with Crippen LogP contribution >= 0.6 is 0 Å². The van der Waals surface area contributed by atoms with Gasteiger partial charge in [0.05, 0.1) is 16.3 Å². The first kappa shape index (κ1) is 13.2. The molecule has 0 bridgehead atoms. The number of anilines is 1. The molecule has 0 saturated carbocycles. The molecular weight excluding hydrogens is 238 g/mol. The van der Waals surface area contributed by atoms with E-state index in [0.717, 1.165) is 0 Å². The Kier molecular flexibility index (Phi) is 4.02. The number of benzene rings is 1. The molecule has 0 aliphatic heterocycles. The van der Waals surface area contributed by atoms with E-state index in [1.807, 2.05) is 0 Å². The molecule has 0 aromatic heterocycles. The normalized spacial score (nSPS) is 10.8. The largest absolute Gasteiger partial charge is 0.386 e. The van der Waals surface area contributed by atoms with Gasteiger partial charge in [0.15, 0.2) is 5.96 Å². The Bertz CT molecular complexity index is 520. The number of nitrogens with one attached hydrogen (secondary N) is 1. The van der Waals surface area contributed by atoms with Gasteiger partial charge in [0.1, 0.15) is 0 Å². The summed E-state index contributed by atoms with van der Waals surface area (Å²) in [6.45, 7) is 0. The lowest BCUT2D eigenvalue weighted by atomic mass is 10.2. The molecule has 1 aromatic carbocycles. The zero-order chi connectivity index (χ0) is 13.7. The Labute approximate surface area is 103 Å². The third-order valence-electron chi connectivity index (χ3n) is 1.94. The van der Waals surface area contributed by atoms with Crippen LogP contribution in [0.3, 0.4) is 0 Å². The molecule has 9 nitrogen and oxygen atoms in total. The Morgan fingerprint density at radius 3 is 2.56 bits per heavy atom. The fraction of sp³-hybridized carbons (Fsp3) is 0.111. The van der Waals surface area contributed by atoms with Crippen molar-refractivity contribution in [2.75, 3.05) is 12.4 Å². The van der Waals surface area contributed by atoms with Gasteiger partial charge in [-0.25, -0.2) is 4.99 Å². The molecule has 7 N–H and O–H groups in total. The van der Waals surface area contributed by atoms with Gasteiger partial charge >= 0.3 is 0 Å². The summed E-state index contributed by atoms with van der Waals surface area (Å²) in [5, 5.41) is 13.4. The van der Waals surface area contributed by atoms with E-state index in [2.05, 4.69) is 15.3 Å². The maximum absolute atomic E-state index is 10.6. The number of rotatable bonds is 3. The van der Waals surface area contributed by atoms with Crippen LogP contribution in [0.25, 0.3) is 0 Å². The maximum atomic E-state index is 10.6. The van der Waals surface area contributed by atoms with Gasteiger partial charge in [-0.1, -0.05) is 0 Å². The molecule has 9 heteroatoms. The molecule has 0 amide bonds. The second kappa shape index (κ2) is 5.48. The van der Waals surface area contributed by atoms with Gasteiger partial charge in [-0.05, 0) is 6.07 Å². The fourth-order valence-corrected chi connectivity index (χ4v) is 1.22. The van der Waals surface area contributed by atoms with E-state index in [4.69, 9.17) is 17.2 Å². The number of nitro groups is 1. The predicted octanol–water partition coefficient (Wildman–Crippen LogP) is -0.144. The molecule has 0 aliphatic carbocycles. The van der Waals surface area contributed by atoms with Crippen molar-refractivity contribution in [3.05, 3.63) is 28.3 Å². The number of guanidine groups is 2. The van der Waals surface area contributed by atoms with Crippen molar-refractivity contribution in [2.45, 2.75) is 0 Å². The second-order valence-corrected chi connectivity index (χ2v) is 3.22. The molecule has 1 aromatic rings. The molecule has 0 heterocycles. The highest BCUT2D eigenvalue weighted by atomic mass is 16.6. The minimum Gasteiger partial charge on any atom is -0.386 e. The second-order valence-electron chi connectivity index (χ2n) is 3.22. The Morgan fingerprint density at radius 1 is 1.39 bits per heavy atom. The van der Waals surface area contributed by atoms with Crippen LogP contribution in [0.1, 0.15) is 0 Å². The van der Waals surface area contributed by atoms with Crippen LogP contribution in [0, 0.1) is 10.1 Å². The molecule has 0 fully saturated rings. The molecule has 0 radical (unpaired) electrons. The first-order chi connectivity index (χ1) is 8.43. The number of non-ortho nitro benzene ring substituents is 1. The van der Waals surface area contributed by atoms with Gasteiger partial charge in [0.2, 0.25) is 5.96 Å². The monoisotopic (exact) mass is 251 g/mol. The van der Waals surface area contributed by atoms with Gasteiger partial charge in [0, 0.05) is 19.2 Å². The molecular formula is C9H13N7O2. The average Bonchev–Trinajstić information content (AvgIpc) is 2.27. The van der Waals surface area contributed by atoms with E-state index in [1.54, 1.807) is 7.05 Å². The Hall–Kier alpha value is -2.84.